The third-order valence-corrected chi connectivity index (χ3v) is 3.13. The summed E-state index contributed by atoms with van der Waals surface area (Å²) in [7, 11) is 0. The molecule has 1 amide bonds. The van der Waals surface area contributed by atoms with Crippen molar-refractivity contribution in [2.45, 2.75) is 33.4 Å². The van der Waals surface area contributed by atoms with Gasteiger partial charge in [-0.1, -0.05) is 12.1 Å². The van der Waals surface area contributed by atoms with Gasteiger partial charge >= 0.3 is 0 Å². The van der Waals surface area contributed by atoms with E-state index in [9.17, 15) is 4.79 Å². The van der Waals surface area contributed by atoms with Crippen LogP contribution in [0.4, 0.5) is 5.69 Å². The van der Waals surface area contributed by atoms with Gasteiger partial charge in [0.25, 0.3) is 0 Å². The maximum Gasteiger partial charge on any atom is 0.226 e. The van der Waals surface area contributed by atoms with Crippen LogP contribution in [0.5, 0.6) is 0 Å². The first-order valence-electron chi connectivity index (χ1n) is 6.68. The first-order chi connectivity index (χ1) is 9.58. The maximum atomic E-state index is 11.9. The van der Waals surface area contributed by atoms with Crippen LogP contribution in [0.3, 0.4) is 0 Å². The topological polar surface area (TPSA) is 72.9 Å². The number of aryl methyl sites for hydroxylation is 3. The summed E-state index contributed by atoms with van der Waals surface area (Å²) in [6, 6.07) is 9.56. The van der Waals surface area contributed by atoms with E-state index in [0.717, 1.165) is 22.6 Å². The third-order valence-electron chi connectivity index (χ3n) is 3.13. The van der Waals surface area contributed by atoms with Crippen molar-refractivity contribution in [2.75, 3.05) is 5.32 Å². The van der Waals surface area contributed by atoms with Crippen molar-refractivity contribution in [1.82, 2.24) is 9.78 Å². The van der Waals surface area contributed by atoms with Gasteiger partial charge in [0.1, 0.15) is 0 Å². The summed E-state index contributed by atoms with van der Waals surface area (Å²) in [6.07, 6.45) is 0.403. The minimum atomic E-state index is -0.0157. The molecule has 0 unspecified atom stereocenters. The fourth-order valence-electron chi connectivity index (χ4n) is 2.06. The number of hydrogen-bond donors (Lipinski definition) is 2. The van der Waals surface area contributed by atoms with Crippen molar-refractivity contribution >= 4 is 11.6 Å². The highest BCUT2D eigenvalue weighted by Crippen LogP contribution is 2.10. The zero-order chi connectivity index (χ0) is 14.5. The van der Waals surface area contributed by atoms with Crippen molar-refractivity contribution in [3.63, 3.8) is 0 Å². The lowest BCUT2D eigenvalue weighted by Gasteiger charge is -2.07. The zero-order valence-corrected chi connectivity index (χ0v) is 11.9. The predicted octanol–water partition coefficient (Wildman–Crippen LogP) is 1.99. The molecule has 1 aromatic heterocycles. The van der Waals surface area contributed by atoms with Crippen LogP contribution in [0.2, 0.25) is 0 Å². The molecule has 0 fully saturated rings. The Kier molecular flexibility index (Phi) is 4.53. The van der Waals surface area contributed by atoms with Gasteiger partial charge in [-0.3, -0.25) is 9.48 Å². The molecule has 2 rings (SSSR count). The fraction of sp³-hybridized carbons (Fsp3) is 0.333. The summed E-state index contributed by atoms with van der Waals surface area (Å²) < 4.78 is 1.85. The van der Waals surface area contributed by atoms with Crippen LogP contribution < -0.4 is 11.1 Å². The van der Waals surface area contributed by atoms with Gasteiger partial charge in [-0.05, 0) is 37.6 Å². The lowest BCUT2D eigenvalue weighted by atomic mass is 10.2. The van der Waals surface area contributed by atoms with Gasteiger partial charge in [0, 0.05) is 30.9 Å². The average Bonchev–Trinajstić information content (AvgIpc) is 2.75. The number of hydrogen-bond acceptors (Lipinski definition) is 3. The number of nitrogens with one attached hydrogen (secondary N) is 1. The summed E-state index contributed by atoms with van der Waals surface area (Å²) in [5.41, 5.74) is 9.42. The quantitative estimate of drug-likeness (QED) is 0.874. The highest BCUT2D eigenvalue weighted by atomic mass is 16.1. The van der Waals surface area contributed by atoms with Gasteiger partial charge in [-0.2, -0.15) is 5.10 Å². The van der Waals surface area contributed by atoms with E-state index in [-0.39, 0.29) is 5.91 Å². The Morgan fingerprint density at radius 3 is 2.55 bits per heavy atom. The largest absolute Gasteiger partial charge is 0.326 e. The molecule has 0 radical (unpaired) electrons. The molecule has 0 spiro atoms. The molecule has 2 aromatic rings. The molecular weight excluding hydrogens is 252 g/mol. The summed E-state index contributed by atoms with van der Waals surface area (Å²) in [5, 5.41) is 7.20. The Bertz CT molecular complexity index is 586. The number of nitrogens with zero attached hydrogens (tertiary/aromatic N) is 2. The first-order valence-corrected chi connectivity index (χ1v) is 6.68. The van der Waals surface area contributed by atoms with Crippen LogP contribution in [-0.4, -0.2) is 15.7 Å². The summed E-state index contributed by atoms with van der Waals surface area (Å²) in [4.78, 5) is 11.9. The molecule has 0 atom stereocenters. The van der Waals surface area contributed by atoms with Crippen LogP contribution in [-0.2, 0) is 17.9 Å². The molecule has 5 heteroatoms. The molecule has 5 nitrogen and oxygen atoms in total. The number of carbonyl (C=O) groups is 1. The van der Waals surface area contributed by atoms with Crippen molar-refractivity contribution in [2.24, 2.45) is 5.73 Å². The Morgan fingerprint density at radius 2 is 2.00 bits per heavy atom. The second kappa shape index (κ2) is 6.34. The lowest BCUT2D eigenvalue weighted by molar-refractivity contribution is -0.116. The number of anilines is 1. The molecule has 106 valence electrons. The van der Waals surface area contributed by atoms with Crippen LogP contribution >= 0.6 is 0 Å². The van der Waals surface area contributed by atoms with E-state index in [2.05, 4.69) is 10.4 Å². The molecule has 0 bridgehead atoms. The van der Waals surface area contributed by atoms with E-state index in [1.807, 2.05) is 48.9 Å². The molecule has 1 heterocycles. The summed E-state index contributed by atoms with van der Waals surface area (Å²) >= 11 is 0. The third kappa shape index (κ3) is 3.68. The number of aromatic nitrogens is 2. The van der Waals surface area contributed by atoms with Crippen molar-refractivity contribution in [3.05, 3.63) is 47.3 Å². The van der Waals surface area contributed by atoms with Crippen LogP contribution in [0.1, 0.15) is 23.4 Å². The average molecular weight is 272 g/mol. The smallest absolute Gasteiger partial charge is 0.226 e. The monoisotopic (exact) mass is 272 g/mol. The van der Waals surface area contributed by atoms with E-state index in [1.165, 1.54) is 0 Å². The molecule has 0 aliphatic heterocycles. The normalized spacial score (nSPS) is 10.6. The molecule has 3 N–H and O–H groups in total. The predicted molar refractivity (Wildman–Crippen MR) is 79.3 cm³/mol. The van der Waals surface area contributed by atoms with Crippen molar-refractivity contribution < 1.29 is 4.79 Å². The zero-order valence-electron chi connectivity index (χ0n) is 11.9. The molecule has 0 saturated heterocycles. The first kappa shape index (κ1) is 14.3. The summed E-state index contributed by atoms with van der Waals surface area (Å²) in [5.74, 6) is -0.0157. The highest BCUT2D eigenvalue weighted by molar-refractivity contribution is 5.90. The van der Waals surface area contributed by atoms with E-state index < -0.39 is 0 Å². The van der Waals surface area contributed by atoms with Gasteiger partial charge in [0.2, 0.25) is 5.91 Å². The lowest BCUT2D eigenvalue weighted by Crippen LogP contribution is -2.15. The Morgan fingerprint density at radius 1 is 1.30 bits per heavy atom. The Hall–Kier alpha value is -2.14. The molecular formula is C15H20N4O. The van der Waals surface area contributed by atoms with Gasteiger partial charge in [-0.25, -0.2) is 0 Å². The van der Waals surface area contributed by atoms with E-state index >= 15 is 0 Å². The van der Waals surface area contributed by atoms with E-state index in [0.29, 0.717) is 19.5 Å². The van der Waals surface area contributed by atoms with Crippen molar-refractivity contribution in [1.29, 1.82) is 0 Å². The molecule has 1 aromatic carbocycles. The fourth-order valence-corrected chi connectivity index (χ4v) is 2.06. The maximum absolute atomic E-state index is 11.9. The van der Waals surface area contributed by atoms with E-state index in [1.54, 1.807) is 0 Å². The van der Waals surface area contributed by atoms with Crippen molar-refractivity contribution in [3.8, 4) is 0 Å². The number of nitrogens with two attached hydrogens (primary N) is 1. The van der Waals surface area contributed by atoms with E-state index in [4.69, 9.17) is 5.73 Å². The van der Waals surface area contributed by atoms with Gasteiger partial charge in [0.15, 0.2) is 0 Å². The minimum absolute atomic E-state index is 0.0157. The van der Waals surface area contributed by atoms with Crippen LogP contribution in [0.25, 0.3) is 0 Å². The number of rotatable bonds is 5. The van der Waals surface area contributed by atoms with Gasteiger partial charge in [0.05, 0.1) is 5.69 Å². The highest BCUT2D eigenvalue weighted by Gasteiger charge is 2.05. The number of amides is 1. The van der Waals surface area contributed by atoms with Crippen LogP contribution in [0, 0.1) is 13.8 Å². The standard InChI is InChI=1S/C15H20N4O/c1-11-9-12(2)19(18-11)8-7-15(20)17-14-5-3-13(10-16)4-6-14/h3-6,9H,7-8,10,16H2,1-2H3,(H,17,20). The SMILES string of the molecule is Cc1cc(C)n(CCC(=O)Nc2ccc(CN)cc2)n1. The number of benzene rings is 1. The molecule has 0 aliphatic carbocycles. The Labute approximate surface area is 118 Å². The molecule has 0 aliphatic rings. The molecule has 20 heavy (non-hydrogen) atoms. The van der Waals surface area contributed by atoms with Gasteiger partial charge in [-0.15, -0.1) is 0 Å². The second-order valence-corrected chi connectivity index (χ2v) is 4.85. The molecule has 0 saturated carbocycles. The Balaban J connectivity index is 1.87. The van der Waals surface area contributed by atoms with Crippen LogP contribution in [0.15, 0.2) is 30.3 Å². The summed E-state index contributed by atoms with van der Waals surface area (Å²) in [6.45, 7) is 5.03. The second-order valence-electron chi connectivity index (χ2n) is 4.85. The van der Waals surface area contributed by atoms with Gasteiger partial charge < -0.3 is 11.1 Å². The minimum Gasteiger partial charge on any atom is -0.326 e. The number of carbonyl (C=O) groups excluding carboxylic acids is 1.